The summed E-state index contributed by atoms with van der Waals surface area (Å²) in [7, 11) is 0. The molecular weight excluding hydrogens is 292 g/mol. The van der Waals surface area contributed by atoms with E-state index in [0.717, 1.165) is 19.3 Å². The normalized spacial score (nSPS) is 22.1. The number of rotatable bonds is 6. The summed E-state index contributed by atoms with van der Waals surface area (Å²) in [6.07, 6.45) is 3.66. The Labute approximate surface area is 137 Å². The van der Waals surface area contributed by atoms with Crippen LogP contribution in [0, 0.1) is 5.92 Å². The smallest absolute Gasteiger partial charge is 0.315 e. The lowest BCUT2D eigenvalue weighted by Crippen LogP contribution is -2.44. The number of benzene rings is 1. The molecule has 2 amide bonds. The van der Waals surface area contributed by atoms with Crippen LogP contribution >= 0.6 is 0 Å². The Bertz CT molecular complexity index is 510. The largest absolute Gasteiger partial charge is 0.481 e. The van der Waals surface area contributed by atoms with E-state index >= 15 is 0 Å². The molecule has 3 N–H and O–H groups in total. The summed E-state index contributed by atoms with van der Waals surface area (Å²) in [5, 5.41) is 14.8. The van der Waals surface area contributed by atoms with E-state index in [4.69, 9.17) is 5.11 Å². The zero-order chi connectivity index (χ0) is 16.7. The van der Waals surface area contributed by atoms with Crippen LogP contribution in [0.4, 0.5) is 4.79 Å². The molecule has 2 rings (SSSR count). The van der Waals surface area contributed by atoms with Crippen molar-refractivity contribution in [1.29, 1.82) is 0 Å². The zero-order valence-electron chi connectivity index (χ0n) is 13.6. The predicted octanol–water partition coefficient (Wildman–Crippen LogP) is 3.12. The Balaban J connectivity index is 1.63. The highest BCUT2D eigenvalue weighted by Crippen LogP contribution is 2.24. The van der Waals surface area contributed by atoms with Crippen LogP contribution in [-0.2, 0) is 4.79 Å². The molecule has 1 fully saturated rings. The Kier molecular flexibility index (Phi) is 6.44. The Morgan fingerprint density at radius 3 is 2.43 bits per heavy atom. The van der Waals surface area contributed by atoms with Crippen LogP contribution in [0.25, 0.3) is 0 Å². The quantitative estimate of drug-likeness (QED) is 0.754. The third-order valence-electron chi connectivity index (χ3n) is 4.64. The summed E-state index contributed by atoms with van der Waals surface area (Å²) >= 11 is 0. The minimum absolute atomic E-state index is 0.0946. The van der Waals surface area contributed by atoms with Crippen LogP contribution in [-0.4, -0.2) is 29.7 Å². The van der Waals surface area contributed by atoms with Gasteiger partial charge >= 0.3 is 12.0 Å². The van der Waals surface area contributed by atoms with Crippen LogP contribution in [0.5, 0.6) is 0 Å². The van der Waals surface area contributed by atoms with Crippen molar-refractivity contribution in [3.05, 3.63) is 35.9 Å². The topological polar surface area (TPSA) is 78.4 Å². The fourth-order valence-electron chi connectivity index (χ4n) is 3.07. The number of hydrogen-bond acceptors (Lipinski definition) is 2. The molecule has 5 nitrogen and oxygen atoms in total. The first-order valence-electron chi connectivity index (χ1n) is 8.38. The third kappa shape index (κ3) is 5.58. The van der Waals surface area contributed by atoms with E-state index < -0.39 is 5.97 Å². The molecular formula is C18H26N2O3. The monoisotopic (exact) mass is 318 g/mol. The first-order chi connectivity index (χ1) is 11.1. The van der Waals surface area contributed by atoms with Crippen LogP contribution in [0.3, 0.4) is 0 Å². The number of carbonyl (C=O) groups excluding carboxylic acids is 1. The number of carbonyl (C=O) groups is 2. The van der Waals surface area contributed by atoms with Crippen LogP contribution in [0.1, 0.15) is 50.5 Å². The number of hydrogen-bond donors (Lipinski definition) is 3. The molecule has 1 aromatic carbocycles. The van der Waals surface area contributed by atoms with Crippen molar-refractivity contribution in [3.8, 4) is 0 Å². The second-order valence-corrected chi connectivity index (χ2v) is 6.39. The fourth-order valence-corrected chi connectivity index (χ4v) is 3.07. The molecule has 1 aromatic rings. The predicted molar refractivity (Wildman–Crippen MR) is 89.4 cm³/mol. The lowest BCUT2D eigenvalue weighted by molar-refractivity contribution is -0.142. The van der Waals surface area contributed by atoms with Gasteiger partial charge in [-0.25, -0.2) is 4.79 Å². The van der Waals surface area contributed by atoms with Gasteiger partial charge in [0, 0.05) is 12.6 Å². The lowest BCUT2D eigenvalue weighted by atomic mass is 9.86. The van der Waals surface area contributed by atoms with Crippen LogP contribution in [0.15, 0.2) is 30.3 Å². The van der Waals surface area contributed by atoms with Gasteiger partial charge < -0.3 is 15.7 Å². The third-order valence-corrected chi connectivity index (χ3v) is 4.64. The SMILES string of the molecule is CC(CCNC(=O)NC1CCC(C(=O)O)CC1)c1ccccc1. The van der Waals surface area contributed by atoms with Crippen molar-refractivity contribution in [1.82, 2.24) is 10.6 Å². The highest BCUT2D eigenvalue weighted by molar-refractivity contribution is 5.74. The van der Waals surface area contributed by atoms with Gasteiger partial charge in [-0.2, -0.15) is 0 Å². The first kappa shape index (κ1) is 17.3. The molecule has 1 aliphatic rings. The molecule has 0 heterocycles. The molecule has 1 atom stereocenters. The number of urea groups is 1. The van der Waals surface area contributed by atoms with Crippen LogP contribution < -0.4 is 10.6 Å². The van der Waals surface area contributed by atoms with Gasteiger partial charge in [0.1, 0.15) is 0 Å². The van der Waals surface area contributed by atoms with Crippen molar-refractivity contribution in [2.45, 2.75) is 51.0 Å². The Morgan fingerprint density at radius 1 is 1.17 bits per heavy atom. The van der Waals surface area contributed by atoms with Crippen molar-refractivity contribution in [2.24, 2.45) is 5.92 Å². The summed E-state index contributed by atoms with van der Waals surface area (Å²) in [6.45, 7) is 2.79. The standard InChI is InChI=1S/C18H26N2O3/c1-13(14-5-3-2-4-6-14)11-12-19-18(23)20-16-9-7-15(8-10-16)17(21)22/h2-6,13,15-16H,7-12H2,1H3,(H,21,22)(H2,19,20,23). The van der Waals surface area contributed by atoms with E-state index in [1.807, 2.05) is 18.2 Å². The fraction of sp³-hybridized carbons (Fsp3) is 0.556. The van der Waals surface area contributed by atoms with Gasteiger partial charge in [0.05, 0.1) is 5.92 Å². The molecule has 23 heavy (non-hydrogen) atoms. The van der Waals surface area contributed by atoms with Crippen molar-refractivity contribution in [3.63, 3.8) is 0 Å². The number of amides is 2. The molecule has 5 heteroatoms. The molecule has 1 aliphatic carbocycles. The maximum absolute atomic E-state index is 11.9. The highest BCUT2D eigenvalue weighted by atomic mass is 16.4. The highest BCUT2D eigenvalue weighted by Gasteiger charge is 2.26. The molecule has 0 aliphatic heterocycles. The molecule has 1 saturated carbocycles. The van der Waals surface area contributed by atoms with Crippen molar-refractivity contribution in [2.75, 3.05) is 6.54 Å². The molecule has 0 radical (unpaired) electrons. The zero-order valence-corrected chi connectivity index (χ0v) is 13.6. The van der Waals surface area contributed by atoms with Gasteiger partial charge in [0.2, 0.25) is 0 Å². The minimum Gasteiger partial charge on any atom is -0.481 e. The van der Waals surface area contributed by atoms with Crippen molar-refractivity contribution < 1.29 is 14.7 Å². The lowest BCUT2D eigenvalue weighted by Gasteiger charge is -2.26. The maximum Gasteiger partial charge on any atom is 0.315 e. The van der Waals surface area contributed by atoms with E-state index in [-0.39, 0.29) is 18.0 Å². The second-order valence-electron chi connectivity index (χ2n) is 6.39. The summed E-state index contributed by atoms with van der Waals surface area (Å²) in [6, 6.07) is 10.2. The molecule has 0 aromatic heterocycles. The molecule has 126 valence electrons. The van der Waals surface area contributed by atoms with Crippen molar-refractivity contribution >= 4 is 12.0 Å². The molecule has 1 unspecified atom stereocenters. The van der Waals surface area contributed by atoms with Gasteiger partial charge in [-0.1, -0.05) is 37.3 Å². The van der Waals surface area contributed by atoms with Crippen LogP contribution in [0.2, 0.25) is 0 Å². The maximum atomic E-state index is 11.9. The second kappa shape index (κ2) is 8.56. The van der Waals surface area contributed by atoms with E-state index in [2.05, 4.69) is 29.7 Å². The number of aliphatic carboxylic acids is 1. The van der Waals surface area contributed by atoms with Gasteiger partial charge in [-0.3, -0.25) is 4.79 Å². The average Bonchev–Trinajstić information content (AvgIpc) is 2.56. The van der Waals surface area contributed by atoms with Gasteiger partial charge in [-0.05, 0) is 43.6 Å². The van der Waals surface area contributed by atoms with E-state index in [0.29, 0.717) is 25.3 Å². The van der Waals surface area contributed by atoms with E-state index in [9.17, 15) is 9.59 Å². The number of carboxylic acid groups (broad SMARTS) is 1. The van der Waals surface area contributed by atoms with E-state index in [1.54, 1.807) is 0 Å². The molecule has 0 saturated heterocycles. The first-order valence-corrected chi connectivity index (χ1v) is 8.38. The van der Waals surface area contributed by atoms with Gasteiger partial charge in [-0.15, -0.1) is 0 Å². The summed E-state index contributed by atoms with van der Waals surface area (Å²) in [5.74, 6) is -0.562. The molecule has 0 bridgehead atoms. The van der Waals surface area contributed by atoms with Gasteiger partial charge in [0.15, 0.2) is 0 Å². The average molecular weight is 318 g/mol. The summed E-state index contributed by atoms with van der Waals surface area (Å²) in [5.41, 5.74) is 1.28. The number of nitrogens with one attached hydrogen (secondary N) is 2. The molecule has 0 spiro atoms. The summed E-state index contributed by atoms with van der Waals surface area (Å²) < 4.78 is 0. The van der Waals surface area contributed by atoms with E-state index in [1.165, 1.54) is 5.56 Å². The number of carboxylic acids is 1. The van der Waals surface area contributed by atoms with Gasteiger partial charge in [0.25, 0.3) is 0 Å². The Hall–Kier alpha value is -2.04. The minimum atomic E-state index is -0.720. The summed E-state index contributed by atoms with van der Waals surface area (Å²) in [4.78, 5) is 22.8. The Morgan fingerprint density at radius 2 is 1.83 bits per heavy atom.